The molecule has 3 aromatic carbocycles. The van der Waals surface area contributed by atoms with Crippen LogP contribution in [0.2, 0.25) is 0 Å². The van der Waals surface area contributed by atoms with Gasteiger partial charge in [-0.05, 0) is 134 Å². The number of rotatable bonds is 15. The maximum atomic E-state index is 13.9. The molecule has 0 aromatic heterocycles. The molecule has 0 radical (unpaired) electrons. The van der Waals surface area contributed by atoms with Gasteiger partial charge in [-0.1, -0.05) is 120 Å². The van der Waals surface area contributed by atoms with Gasteiger partial charge in [-0.3, -0.25) is 4.79 Å². The number of benzene rings is 3. The van der Waals surface area contributed by atoms with Crippen LogP contribution in [0.5, 0.6) is 0 Å². The molecular formula is C56H70O10. The minimum Gasteiger partial charge on any atom is -0.459 e. The van der Waals surface area contributed by atoms with Crippen LogP contribution in [0.4, 0.5) is 0 Å². The third kappa shape index (κ3) is 10.2. The third-order valence-electron chi connectivity index (χ3n) is 16.4. The monoisotopic (exact) mass is 902 g/mol. The molecule has 1 saturated heterocycles. The maximum Gasteiger partial charge on any atom is 0.338 e. The summed E-state index contributed by atoms with van der Waals surface area (Å²) in [6.07, 6.45) is 8.22. The molecule has 66 heavy (non-hydrogen) atoms. The molecule has 0 unspecified atom stereocenters. The second-order valence-corrected chi connectivity index (χ2v) is 20.8. The van der Waals surface area contributed by atoms with E-state index >= 15 is 0 Å². The summed E-state index contributed by atoms with van der Waals surface area (Å²) in [5, 5.41) is 0. The van der Waals surface area contributed by atoms with Gasteiger partial charge in [0, 0.05) is 6.92 Å². The van der Waals surface area contributed by atoms with Crippen LogP contribution < -0.4 is 0 Å². The van der Waals surface area contributed by atoms with E-state index in [2.05, 4.69) is 40.7 Å². The van der Waals surface area contributed by atoms with E-state index < -0.39 is 54.6 Å². The van der Waals surface area contributed by atoms with E-state index in [9.17, 15) is 19.2 Å². The lowest BCUT2D eigenvalue weighted by Gasteiger charge is -2.58. The summed E-state index contributed by atoms with van der Waals surface area (Å²) >= 11 is 0. The zero-order valence-electron chi connectivity index (χ0n) is 39.7. The fourth-order valence-electron chi connectivity index (χ4n) is 13.0. The molecule has 13 atom stereocenters. The third-order valence-corrected chi connectivity index (χ3v) is 16.4. The summed E-state index contributed by atoms with van der Waals surface area (Å²) in [7, 11) is 0. The largest absolute Gasteiger partial charge is 0.459 e. The van der Waals surface area contributed by atoms with Gasteiger partial charge in [0.05, 0.1) is 22.8 Å². The average Bonchev–Trinajstić information content (AvgIpc) is 3.68. The molecular weight excluding hydrogens is 833 g/mol. The summed E-state index contributed by atoms with van der Waals surface area (Å²) in [6, 6.07) is 25.3. The fraction of sp³-hybridized carbons (Fsp3) is 0.571. The van der Waals surface area contributed by atoms with E-state index in [1.165, 1.54) is 57.4 Å². The summed E-state index contributed by atoms with van der Waals surface area (Å²) in [5.41, 5.74) is 2.65. The van der Waals surface area contributed by atoms with Crippen LogP contribution in [0.15, 0.2) is 103 Å². The molecule has 4 fully saturated rings. The molecule has 3 aromatic rings. The molecule has 1 aliphatic heterocycles. The van der Waals surface area contributed by atoms with Crippen molar-refractivity contribution in [3.63, 3.8) is 0 Å². The SMILES string of the molecule is CC(=O)O[C@H]1[C@H](O[C@H]2CC[C@@]3(C)C(=CC[C@H]4[C@@H]5CC[C@H]([C@H](C)CCCC(C)C)[C@@]5(C)CC[C@@H]43)C2)O[C@H](COC(=O)c2ccccc2)[C@@H](OC(=O)c2ccccc2)[C@@H]1OC(=O)c1ccccc1. The zero-order valence-corrected chi connectivity index (χ0v) is 39.7. The minimum absolute atomic E-state index is 0.0481. The van der Waals surface area contributed by atoms with Crippen molar-refractivity contribution < 1.29 is 47.6 Å². The van der Waals surface area contributed by atoms with Crippen LogP contribution in [-0.2, 0) is 33.2 Å². The lowest BCUT2D eigenvalue weighted by molar-refractivity contribution is -0.313. The Labute approximate surface area is 391 Å². The van der Waals surface area contributed by atoms with Crippen LogP contribution in [0, 0.1) is 46.3 Å². The lowest BCUT2D eigenvalue weighted by atomic mass is 9.47. The zero-order chi connectivity index (χ0) is 46.6. The van der Waals surface area contributed by atoms with E-state index in [-0.39, 0.29) is 29.3 Å². The molecule has 4 aliphatic carbocycles. The Hall–Kier alpha value is -4.80. The summed E-state index contributed by atoms with van der Waals surface area (Å²) < 4.78 is 37.8. The van der Waals surface area contributed by atoms with Gasteiger partial charge >= 0.3 is 23.9 Å². The van der Waals surface area contributed by atoms with E-state index in [1.807, 2.05) is 0 Å². The Balaban J connectivity index is 1.05. The first-order chi connectivity index (χ1) is 31.7. The number of allylic oxidation sites excluding steroid dienone is 1. The van der Waals surface area contributed by atoms with Crippen molar-refractivity contribution in [1.82, 2.24) is 0 Å². The van der Waals surface area contributed by atoms with Crippen molar-refractivity contribution in [3.8, 4) is 0 Å². The van der Waals surface area contributed by atoms with E-state index in [4.69, 9.17) is 28.4 Å². The Morgan fingerprint density at radius 1 is 0.682 bits per heavy atom. The van der Waals surface area contributed by atoms with Gasteiger partial charge in [-0.2, -0.15) is 0 Å². The van der Waals surface area contributed by atoms with Gasteiger partial charge < -0.3 is 28.4 Å². The Bertz CT molecular complexity index is 2170. The number of ether oxygens (including phenoxy) is 6. The van der Waals surface area contributed by atoms with Gasteiger partial charge in [0.1, 0.15) is 12.7 Å². The van der Waals surface area contributed by atoms with Crippen molar-refractivity contribution in [1.29, 1.82) is 0 Å². The van der Waals surface area contributed by atoms with Crippen molar-refractivity contribution in [2.24, 2.45) is 46.3 Å². The standard InChI is InChI=1S/C56H70O10/c1-35(2)17-16-18-36(3)44-27-28-45-43-26-25-41-33-42(29-31-55(41,5)46(43)30-32-56(44,45)6)63-54-50(62-37(4)57)49(66-53(60)40-23-14-9-15-24-40)48(65-52(59)39-21-12-8-13-22-39)47(64-54)34-61-51(58)38-19-10-7-11-20-38/h7-15,19-25,35-36,42-50,54H,16-18,26-34H2,1-6H3/t36-,42+,43+,44-,45+,46+,47-,48-,49+,50-,54-,55+,56-/m1/s1. The predicted octanol–water partition coefficient (Wildman–Crippen LogP) is 11.4. The van der Waals surface area contributed by atoms with Gasteiger partial charge in [0.15, 0.2) is 24.6 Å². The quantitative estimate of drug-likeness (QED) is 0.0827. The molecule has 0 bridgehead atoms. The molecule has 8 rings (SSSR count). The Morgan fingerprint density at radius 2 is 1.29 bits per heavy atom. The van der Waals surface area contributed by atoms with E-state index in [0.29, 0.717) is 29.2 Å². The molecule has 0 N–H and O–H groups in total. The highest BCUT2D eigenvalue weighted by Crippen LogP contribution is 2.67. The Morgan fingerprint density at radius 3 is 1.89 bits per heavy atom. The highest BCUT2D eigenvalue weighted by Gasteiger charge is 2.60. The normalized spacial score (nSPS) is 33.0. The van der Waals surface area contributed by atoms with Gasteiger partial charge in [-0.15, -0.1) is 0 Å². The first-order valence-electron chi connectivity index (χ1n) is 24.7. The van der Waals surface area contributed by atoms with Crippen LogP contribution in [-0.4, -0.2) is 67.3 Å². The number of hydrogen-bond acceptors (Lipinski definition) is 10. The van der Waals surface area contributed by atoms with Gasteiger partial charge in [0.25, 0.3) is 0 Å². The molecule has 0 spiro atoms. The molecule has 10 heteroatoms. The molecule has 5 aliphatic rings. The highest BCUT2D eigenvalue weighted by atomic mass is 16.7. The van der Waals surface area contributed by atoms with Crippen molar-refractivity contribution in [2.45, 2.75) is 149 Å². The summed E-state index contributed by atoms with van der Waals surface area (Å²) in [4.78, 5) is 54.1. The van der Waals surface area contributed by atoms with Crippen molar-refractivity contribution in [3.05, 3.63) is 119 Å². The second-order valence-electron chi connectivity index (χ2n) is 20.8. The van der Waals surface area contributed by atoms with Crippen molar-refractivity contribution >= 4 is 23.9 Å². The molecule has 3 saturated carbocycles. The van der Waals surface area contributed by atoms with Crippen LogP contribution in [0.1, 0.15) is 143 Å². The fourth-order valence-corrected chi connectivity index (χ4v) is 13.0. The predicted molar refractivity (Wildman–Crippen MR) is 250 cm³/mol. The lowest BCUT2D eigenvalue weighted by Crippen LogP contribution is -2.63. The summed E-state index contributed by atoms with van der Waals surface area (Å²) in [6.45, 7) is 13.2. The molecule has 354 valence electrons. The van der Waals surface area contributed by atoms with Gasteiger partial charge in [-0.25, -0.2) is 14.4 Å². The average molecular weight is 903 g/mol. The minimum atomic E-state index is -1.42. The number of fused-ring (bicyclic) bond motifs is 5. The maximum absolute atomic E-state index is 13.9. The topological polar surface area (TPSA) is 124 Å². The highest BCUT2D eigenvalue weighted by molar-refractivity contribution is 5.91. The molecule has 10 nitrogen and oxygen atoms in total. The van der Waals surface area contributed by atoms with Crippen LogP contribution in [0.25, 0.3) is 0 Å². The number of carbonyl (C=O) groups excluding carboxylic acids is 4. The number of esters is 4. The molecule has 1 heterocycles. The second kappa shape index (κ2) is 20.6. The first-order valence-corrected chi connectivity index (χ1v) is 24.7. The molecule has 0 amide bonds. The van der Waals surface area contributed by atoms with Crippen molar-refractivity contribution in [2.75, 3.05) is 6.61 Å². The van der Waals surface area contributed by atoms with E-state index in [1.54, 1.807) is 91.0 Å². The first kappa shape index (κ1) is 47.7. The number of carbonyl (C=O) groups is 4. The summed E-state index contributed by atoms with van der Waals surface area (Å²) in [5.74, 6) is 1.59. The van der Waals surface area contributed by atoms with Crippen LogP contribution in [0.3, 0.4) is 0 Å². The smallest absolute Gasteiger partial charge is 0.338 e. The van der Waals surface area contributed by atoms with Gasteiger partial charge in [0.2, 0.25) is 0 Å². The van der Waals surface area contributed by atoms with Crippen LogP contribution >= 0.6 is 0 Å². The number of hydrogen-bond donors (Lipinski definition) is 0. The van der Waals surface area contributed by atoms with E-state index in [0.717, 1.165) is 42.9 Å². The Kier molecular flexibility index (Phi) is 14.9.